The highest BCUT2D eigenvalue weighted by atomic mass is 35.5. The van der Waals surface area contributed by atoms with Crippen molar-refractivity contribution in [1.82, 2.24) is 14.5 Å². The summed E-state index contributed by atoms with van der Waals surface area (Å²) in [6.45, 7) is 0. The fraction of sp³-hybridized carbons (Fsp3) is 0.0417. The number of aryl methyl sites for hydroxylation is 1. The zero-order chi connectivity index (χ0) is 22.9. The minimum absolute atomic E-state index is 0. The van der Waals surface area contributed by atoms with Gasteiger partial charge in [0.25, 0.3) is 5.91 Å². The monoisotopic (exact) mass is 477 g/mol. The summed E-state index contributed by atoms with van der Waals surface area (Å²) in [5.41, 5.74) is 8.98. The average molecular weight is 478 g/mol. The molecule has 0 fully saturated rings. The van der Waals surface area contributed by atoms with Crippen LogP contribution in [0.15, 0.2) is 72.2 Å². The third-order valence-corrected chi connectivity index (χ3v) is 6.31. The lowest BCUT2D eigenvalue weighted by Gasteiger charge is -2.09. The second-order valence-electron chi connectivity index (χ2n) is 7.28. The number of nitrogens with zero attached hydrogens (tertiary/aromatic N) is 3. The quantitative estimate of drug-likeness (QED) is 0.302. The van der Waals surface area contributed by atoms with Crippen LogP contribution in [0, 0.1) is 0 Å². The second-order valence-corrected chi connectivity index (χ2v) is 8.64. The van der Waals surface area contributed by atoms with Crippen molar-refractivity contribution >= 4 is 51.5 Å². The first kappa shape index (κ1) is 21.0. The summed E-state index contributed by atoms with van der Waals surface area (Å²) in [5.74, 6) is 1.12. The van der Waals surface area contributed by atoms with Crippen molar-refractivity contribution < 1.29 is 11.0 Å². The van der Waals surface area contributed by atoms with Gasteiger partial charge in [-0.1, -0.05) is 17.7 Å². The molecule has 0 aliphatic rings. The smallest absolute Gasteiger partial charge is 0.267 e. The summed E-state index contributed by atoms with van der Waals surface area (Å²) in [6, 6.07) is 18.6. The first-order valence-electron chi connectivity index (χ1n) is 9.98. The Morgan fingerprint density at radius 3 is 2.79 bits per heavy atom. The third kappa shape index (κ3) is 4.26. The van der Waals surface area contributed by atoms with E-state index in [1.807, 2.05) is 65.5 Å². The Bertz CT molecular complexity index is 1490. The number of anilines is 2. The van der Waals surface area contributed by atoms with Crippen LogP contribution in [0.1, 0.15) is 11.9 Å². The second kappa shape index (κ2) is 8.57. The minimum atomic E-state index is -0.610. The van der Waals surface area contributed by atoms with Gasteiger partial charge in [-0.25, -0.2) is 4.98 Å². The van der Waals surface area contributed by atoms with Crippen LogP contribution in [0.5, 0.6) is 11.5 Å². The maximum absolute atomic E-state index is 11.4. The van der Waals surface area contributed by atoms with Gasteiger partial charge in [0.2, 0.25) is 5.95 Å². The number of amides is 1. The number of benzene rings is 2. The zero-order valence-corrected chi connectivity index (χ0v) is 19.0. The van der Waals surface area contributed by atoms with E-state index in [0.717, 1.165) is 27.2 Å². The molecule has 0 saturated carbocycles. The van der Waals surface area contributed by atoms with E-state index in [4.69, 9.17) is 27.1 Å². The lowest BCUT2D eigenvalue weighted by Crippen LogP contribution is -2.12. The third-order valence-electron chi connectivity index (χ3n) is 5.08. The zero-order valence-electron chi connectivity index (χ0n) is 17.4. The van der Waals surface area contributed by atoms with Crippen molar-refractivity contribution in [3.05, 3.63) is 83.0 Å². The number of aromatic nitrogens is 3. The number of fused-ring (bicyclic) bond motifs is 1. The summed E-state index contributed by atoms with van der Waals surface area (Å²) >= 11 is 8.05. The number of carbonyl (C=O) groups excluding carboxylic acids is 1. The molecular formula is C24H20ClN5O2S. The van der Waals surface area contributed by atoms with Gasteiger partial charge >= 0.3 is 0 Å². The predicted octanol–water partition coefficient (Wildman–Crippen LogP) is 6.23. The number of rotatable bonds is 6. The number of carbonyl (C=O) groups is 1. The van der Waals surface area contributed by atoms with E-state index in [1.54, 1.807) is 17.4 Å². The van der Waals surface area contributed by atoms with E-state index in [1.165, 1.54) is 12.3 Å². The molecule has 33 heavy (non-hydrogen) atoms. The van der Waals surface area contributed by atoms with Crippen molar-refractivity contribution in [1.29, 1.82) is 0 Å². The van der Waals surface area contributed by atoms with Crippen LogP contribution in [0.25, 0.3) is 21.5 Å². The first-order chi connectivity index (χ1) is 16.0. The highest BCUT2D eigenvalue weighted by molar-refractivity contribution is 7.13. The van der Waals surface area contributed by atoms with E-state index < -0.39 is 5.91 Å². The topological polar surface area (TPSA) is 95.1 Å². The molecule has 1 amide bonds. The molecule has 0 radical (unpaired) electrons. The Morgan fingerprint density at radius 1 is 1.15 bits per heavy atom. The van der Waals surface area contributed by atoms with Gasteiger partial charge in [0.05, 0.1) is 11.0 Å². The molecule has 5 aromatic rings. The molecule has 0 saturated heterocycles. The van der Waals surface area contributed by atoms with Gasteiger partial charge in [-0.3, -0.25) is 9.78 Å². The van der Waals surface area contributed by atoms with Gasteiger partial charge in [0.1, 0.15) is 17.2 Å². The Balaban J connectivity index is 0.00000274. The van der Waals surface area contributed by atoms with Crippen LogP contribution in [-0.2, 0) is 7.05 Å². The van der Waals surface area contributed by atoms with E-state index in [-0.39, 0.29) is 7.12 Å². The largest absolute Gasteiger partial charge is 0.457 e. The van der Waals surface area contributed by atoms with E-state index >= 15 is 0 Å². The Morgan fingerprint density at radius 2 is 2.00 bits per heavy atom. The number of nitrogens with two attached hydrogens (primary N) is 1. The number of thiophene rings is 1. The molecule has 2 aromatic carbocycles. The molecule has 166 valence electrons. The molecule has 0 bridgehead atoms. The van der Waals surface area contributed by atoms with Crippen molar-refractivity contribution in [3.8, 4) is 21.9 Å². The maximum Gasteiger partial charge on any atom is 0.267 e. The Kier molecular flexibility index (Phi) is 5.45. The molecule has 0 atom stereocenters. The van der Waals surface area contributed by atoms with Gasteiger partial charge in [-0.15, -0.1) is 11.3 Å². The van der Waals surface area contributed by atoms with Crippen LogP contribution in [0.2, 0.25) is 5.02 Å². The van der Waals surface area contributed by atoms with E-state index in [2.05, 4.69) is 10.3 Å². The molecule has 5 rings (SSSR count). The van der Waals surface area contributed by atoms with Crippen molar-refractivity contribution in [2.24, 2.45) is 12.8 Å². The molecule has 7 nitrogen and oxygen atoms in total. The van der Waals surface area contributed by atoms with Gasteiger partial charge < -0.3 is 20.4 Å². The number of halogens is 1. The maximum atomic E-state index is 11.4. The van der Waals surface area contributed by atoms with Gasteiger partial charge in [-0.2, -0.15) is 0 Å². The number of ether oxygens (including phenoxy) is 1. The first-order valence-corrected chi connectivity index (χ1v) is 11.2. The predicted molar refractivity (Wildman–Crippen MR) is 134 cm³/mol. The number of imidazole rings is 1. The van der Waals surface area contributed by atoms with Crippen molar-refractivity contribution in [2.45, 2.75) is 0 Å². The van der Waals surface area contributed by atoms with Gasteiger partial charge in [0.15, 0.2) is 0 Å². The average Bonchev–Trinajstić information content (AvgIpc) is 3.44. The van der Waals surface area contributed by atoms with Crippen LogP contribution in [0.3, 0.4) is 0 Å². The minimum Gasteiger partial charge on any atom is -0.457 e. The summed E-state index contributed by atoms with van der Waals surface area (Å²) in [6.07, 6.45) is 1.48. The van der Waals surface area contributed by atoms with Crippen molar-refractivity contribution in [2.75, 3.05) is 5.32 Å². The molecular weight excluding hydrogens is 458 g/mol. The number of hydrogen-bond acceptors (Lipinski definition) is 6. The molecule has 3 N–H and O–H groups in total. The fourth-order valence-electron chi connectivity index (χ4n) is 3.45. The van der Waals surface area contributed by atoms with Gasteiger partial charge in [0, 0.05) is 48.0 Å². The standard InChI is InChI=1S/C24H18ClN5O2S.H2/c1-30-21-7-5-15(32-16-8-9-27-20(13-16)23(26)31)12-19(21)29-24(30)28-14-4-6-18(25)17(11-14)22-3-2-10-33-22;/h2-13H,1H3,(H2,26,31)(H,28,29);1H. The fourth-order valence-corrected chi connectivity index (χ4v) is 4.49. The van der Waals surface area contributed by atoms with E-state index in [9.17, 15) is 4.79 Å². The van der Waals surface area contributed by atoms with Crippen LogP contribution < -0.4 is 15.8 Å². The molecule has 3 aromatic heterocycles. The summed E-state index contributed by atoms with van der Waals surface area (Å²) in [4.78, 5) is 21.1. The van der Waals surface area contributed by atoms with Crippen LogP contribution in [-0.4, -0.2) is 20.4 Å². The molecule has 9 heteroatoms. The number of pyridine rings is 1. The van der Waals surface area contributed by atoms with Gasteiger partial charge in [-0.05, 0) is 47.8 Å². The highest BCUT2D eigenvalue weighted by Gasteiger charge is 2.12. The molecule has 3 heterocycles. The summed E-state index contributed by atoms with van der Waals surface area (Å²) < 4.78 is 7.85. The molecule has 0 unspecified atom stereocenters. The summed E-state index contributed by atoms with van der Waals surface area (Å²) in [7, 11) is 1.94. The number of nitrogens with one attached hydrogen (secondary N) is 1. The number of primary amides is 1. The Hall–Kier alpha value is -3.88. The molecule has 0 aliphatic carbocycles. The van der Waals surface area contributed by atoms with Crippen LogP contribution >= 0.6 is 22.9 Å². The van der Waals surface area contributed by atoms with E-state index in [0.29, 0.717) is 22.5 Å². The summed E-state index contributed by atoms with van der Waals surface area (Å²) in [5, 5.41) is 6.10. The van der Waals surface area contributed by atoms with Crippen LogP contribution in [0.4, 0.5) is 11.6 Å². The lowest BCUT2D eigenvalue weighted by molar-refractivity contribution is 0.0995. The molecule has 0 spiro atoms. The normalized spacial score (nSPS) is 11.0. The lowest BCUT2D eigenvalue weighted by atomic mass is 10.1. The van der Waals surface area contributed by atoms with Crippen molar-refractivity contribution in [3.63, 3.8) is 0 Å². The highest BCUT2D eigenvalue weighted by Crippen LogP contribution is 2.35. The Labute approximate surface area is 199 Å². The molecule has 0 aliphatic heterocycles. The number of hydrogen-bond donors (Lipinski definition) is 2. The SMILES string of the molecule is Cn1c(Nc2ccc(Cl)c(-c3cccs3)c2)nc2cc(Oc3ccnc(C(N)=O)c3)ccc21.[HH].